The summed E-state index contributed by atoms with van der Waals surface area (Å²) in [6, 6.07) is 7.17. The Balaban J connectivity index is 1.60. The number of aryl methyl sites for hydroxylation is 1. The van der Waals surface area contributed by atoms with E-state index in [9.17, 15) is 14.4 Å². The van der Waals surface area contributed by atoms with Crippen LogP contribution in [0.4, 0.5) is 0 Å². The maximum absolute atomic E-state index is 12.9. The third kappa shape index (κ3) is 4.42. The van der Waals surface area contributed by atoms with E-state index in [0.717, 1.165) is 31.2 Å². The molecule has 6 nitrogen and oxygen atoms in total. The van der Waals surface area contributed by atoms with E-state index in [1.807, 2.05) is 36.1 Å². The van der Waals surface area contributed by atoms with Gasteiger partial charge in [-0.15, -0.1) is 0 Å². The fraction of sp³-hybridized carbons (Fsp3) is 0.550. The van der Waals surface area contributed by atoms with Crippen LogP contribution in [0.15, 0.2) is 24.3 Å². The molecule has 0 aromatic heterocycles. The number of rotatable bonds is 4. The SMILES string of the molecule is Cc1ccc(C(=O)N2CCCC[C@@H]2CNC(=O)[C@H]2CCCC(=O)N2)cc1. The van der Waals surface area contributed by atoms with Crippen LogP contribution in [0.3, 0.4) is 0 Å². The highest BCUT2D eigenvalue weighted by Gasteiger charge is 2.29. The molecule has 2 saturated heterocycles. The first-order valence-corrected chi connectivity index (χ1v) is 9.49. The smallest absolute Gasteiger partial charge is 0.254 e. The van der Waals surface area contributed by atoms with Crippen LogP contribution in [0.5, 0.6) is 0 Å². The van der Waals surface area contributed by atoms with Gasteiger partial charge in [-0.25, -0.2) is 0 Å². The lowest BCUT2D eigenvalue weighted by Crippen LogP contribution is -2.53. The highest BCUT2D eigenvalue weighted by Crippen LogP contribution is 2.20. The maximum atomic E-state index is 12.9. The fourth-order valence-electron chi connectivity index (χ4n) is 3.69. The second kappa shape index (κ2) is 8.34. The molecule has 140 valence electrons. The summed E-state index contributed by atoms with van der Waals surface area (Å²) in [5.41, 5.74) is 1.81. The van der Waals surface area contributed by atoms with Crippen molar-refractivity contribution in [1.82, 2.24) is 15.5 Å². The van der Waals surface area contributed by atoms with Crippen molar-refractivity contribution in [2.75, 3.05) is 13.1 Å². The van der Waals surface area contributed by atoms with Gasteiger partial charge in [0.25, 0.3) is 5.91 Å². The lowest BCUT2D eigenvalue weighted by molar-refractivity contribution is -0.131. The summed E-state index contributed by atoms with van der Waals surface area (Å²) in [6.45, 7) is 3.15. The van der Waals surface area contributed by atoms with Crippen molar-refractivity contribution in [3.05, 3.63) is 35.4 Å². The number of carbonyl (C=O) groups excluding carboxylic acids is 3. The van der Waals surface area contributed by atoms with Crippen LogP contribution in [0.25, 0.3) is 0 Å². The van der Waals surface area contributed by atoms with E-state index >= 15 is 0 Å². The van der Waals surface area contributed by atoms with Gasteiger partial charge in [-0.3, -0.25) is 14.4 Å². The average molecular weight is 357 g/mol. The van der Waals surface area contributed by atoms with Crippen molar-refractivity contribution in [2.45, 2.75) is 57.5 Å². The Morgan fingerprint density at radius 2 is 1.92 bits per heavy atom. The molecule has 2 heterocycles. The van der Waals surface area contributed by atoms with Gasteiger partial charge in [0.2, 0.25) is 11.8 Å². The predicted molar refractivity (Wildman–Crippen MR) is 98.6 cm³/mol. The van der Waals surface area contributed by atoms with Crippen molar-refractivity contribution >= 4 is 17.7 Å². The lowest BCUT2D eigenvalue weighted by atomic mass is 9.99. The number of likely N-dealkylation sites (tertiary alicyclic amines) is 1. The highest BCUT2D eigenvalue weighted by atomic mass is 16.2. The predicted octanol–water partition coefficient (Wildman–Crippen LogP) is 1.77. The molecule has 0 radical (unpaired) electrons. The molecule has 0 saturated carbocycles. The van der Waals surface area contributed by atoms with Crippen molar-refractivity contribution < 1.29 is 14.4 Å². The van der Waals surface area contributed by atoms with Crippen molar-refractivity contribution in [3.63, 3.8) is 0 Å². The molecule has 2 fully saturated rings. The van der Waals surface area contributed by atoms with E-state index in [-0.39, 0.29) is 23.8 Å². The van der Waals surface area contributed by atoms with Gasteiger partial charge in [0.15, 0.2) is 0 Å². The van der Waals surface area contributed by atoms with Crippen molar-refractivity contribution in [3.8, 4) is 0 Å². The number of hydrogen-bond donors (Lipinski definition) is 2. The molecule has 0 spiro atoms. The van der Waals surface area contributed by atoms with Gasteiger partial charge >= 0.3 is 0 Å². The number of amides is 3. The number of nitrogens with one attached hydrogen (secondary N) is 2. The lowest BCUT2D eigenvalue weighted by Gasteiger charge is -2.36. The molecule has 2 aliphatic rings. The van der Waals surface area contributed by atoms with Gasteiger partial charge in [0.1, 0.15) is 6.04 Å². The molecular formula is C20H27N3O3. The Labute approximate surface area is 154 Å². The Bertz CT molecular complexity index is 671. The van der Waals surface area contributed by atoms with E-state index in [0.29, 0.717) is 31.5 Å². The van der Waals surface area contributed by atoms with Crippen LogP contribution >= 0.6 is 0 Å². The van der Waals surface area contributed by atoms with Crippen molar-refractivity contribution in [2.24, 2.45) is 0 Å². The van der Waals surface area contributed by atoms with Crippen molar-refractivity contribution in [1.29, 1.82) is 0 Å². The van der Waals surface area contributed by atoms with Gasteiger partial charge in [0, 0.05) is 31.1 Å². The molecule has 2 aliphatic heterocycles. The number of nitrogens with zero attached hydrogens (tertiary/aromatic N) is 1. The topological polar surface area (TPSA) is 78.5 Å². The molecule has 3 rings (SSSR count). The molecule has 2 atom stereocenters. The van der Waals surface area contributed by atoms with E-state index in [1.165, 1.54) is 0 Å². The summed E-state index contributed by atoms with van der Waals surface area (Å²) in [6.07, 6.45) is 4.83. The molecule has 3 amide bonds. The second-order valence-corrected chi connectivity index (χ2v) is 7.27. The highest BCUT2D eigenvalue weighted by molar-refractivity contribution is 5.94. The van der Waals surface area contributed by atoms with Crippen LogP contribution in [-0.4, -0.2) is 47.8 Å². The molecular weight excluding hydrogens is 330 g/mol. The normalized spacial score (nSPS) is 23.3. The van der Waals surface area contributed by atoms with Gasteiger partial charge in [-0.05, 0) is 51.2 Å². The van der Waals surface area contributed by atoms with Crippen LogP contribution in [0, 0.1) is 6.92 Å². The summed E-state index contributed by atoms with van der Waals surface area (Å²) in [7, 11) is 0. The minimum atomic E-state index is -0.443. The van der Waals surface area contributed by atoms with Gasteiger partial charge in [0.05, 0.1) is 0 Å². The second-order valence-electron chi connectivity index (χ2n) is 7.27. The molecule has 0 bridgehead atoms. The Morgan fingerprint density at radius 1 is 1.15 bits per heavy atom. The largest absolute Gasteiger partial charge is 0.352 e. The van der Waals surface area contributed by atoms with Crippen LogP contribution in [0.2, 0.25) is 0 Å². The molecule has 1 aromatic rings. The first-order chi connectivity index (χ1) is 12.5. The summed E-state index contributed by atoms with van der Waals surface area (Å²) in [4.78, 5) is 38.6. The van der Waals surface area contributed by atoms with Crippen LogP contribution in [-0.2, 0) is 9.59 Å². The maximum Gasteiger partial charge on any atom is 0.254 e. The molecule has 0 aliphatic carbocycles. The first-order valence-electron chi connectivity index (χ1n) is 9.49. The zero-order chi connectivity index (χ0) is 18.5. The van der Waals surface area contributed by atoms with E-state index in [1.54, 1.807) is 0 Å². The van der Waals surface area contributed by atoms with Gasteiger partial charge < -0.3 is 15.5 Å². The third-order valence-electron chi connectivity index (χ3n) is 5.25. The summed E-state index contributed by atoms with van der Waals surface area (Å²) < 4.78 is 0. The molecule has 2 N–H and O–H groups in total. The van der Waals surface area contributed by atoms with E-state index in [2.05, 4.69) is 10.6 Å². The number of hydrogen-bond acceptors (Lipinski definition) is 3. The zero-order valence-corrected chi connectivity index (χ0v) is 15.3. The minimum absolute atomic E-state index is 0.000736. The quantitative estimate of drug-likeness (QED) is 0.862. The molecule has 1 aromatic carbocycles. The first kappa shape index (κ1) is 18.4. The number of benzene rings is 1. The Morgan fingerprint density at radius 3 is 2.65 bits per heavy atom. The number of carbonyl (C=O) groups is 3. The van der Waals surface area contributed by atoms with Gasteiger partial charge in [-0.2, -0.15) is 0 Å². The fourth-order valence-corrected chi connectivity index (χ4v) is 3.69. The van der Waals surface area contributed by atoms with Crippen LogP contribution < -0.4 is 10.6 Å². The molecule has 26 heavy (non-hydrogen) atoms. The third-order valence-corrected chi connectivity index (χ3v) is 5.25. The van der Waals surface area contributed by atoms with E-state index in [4.69, 9.17) is 0 Å². The molecule has 6 heteroatoms. The summed E-state index contributed by atoms with van der Waals surface area (Å²) in [5, 5.41) is 5.68. The zero-order valence-electron chi connectivity index (χ0n) is 15.3. The monoisotopic (exact) mass is 357 g/mol. The number of piperidine rings is 2. The minimum Gasteiger partial charge on any atom is -0.352 e. The summed E-state index contributed by atoms with van der Waals surface area (Å²) in [5.74, 6) is -0.188. The standard InChI is InChI=1S/C20H27N3O3/c1-14-8-10-15(11-9-14)20(26)23-12-3-2-5-16(23)13-21-19(25)17-6-4-7-18(24)22-17/h8-11,16-17H,2-7,12-13H2,1H3,(H,21,25)(H,22,24)/t16-,17-/m1/s1. The average Bonchev–Trinajstić information content (AvgIpc) is 2.66. The van der Waals surface area contributed by atoms with Gasteiger partial charge in [-0.1, -0.05) is 17.7 Å². The Hall–Kier alpha value is -2.37. The van der Waals surface area contributed by atoms with E-state index < -0.39 is 6.04 Å². The van der Waals surface area contributed by atoms with Crippen LogP contribution in [0.1, 0.15) is 54.4 Å². The Kier molecular flexibility index (Phi) is 5.91. The summed E-state index contributed by atoms with van der Waals surface area (Å²) >= 11 is 0. The molecule has 0 unspecified atom stereocenters.